The molecule has 1 aliphatic heterocycles. The van der Waals surface area contributed by atoms with Crippen LogP contribution in [0, 0.1) is 0 Å². The zero-order valence-corrected chi connectivity index (χ0v) is 19.4. The van der Waals surface area contributed by atoms with Gasteiger partial charge in [0.15, 0.2) is 12.3 Å². The van der Waals surface area contributed by atoms with E-state index in [2.05, 4.69) is 5.32 Å². The summed E-state index contributed by atoms with van der Waals surface area (Å²) in [7, 11) is 0. The molecule has 1 saturated heterocycles. The minimum Gasteiger partial charge on any atom is -0.480 e. The Morgan fingerprint density at radius 2 is 1.56 bits per heavy atom. The Morgan fingerprint density at radius 3 is 2.11 bits per heavy atom. The molecule has 4 rings (SSSR count). The molecular formula is C25H29NO10. The first kappa shape index (κ1) is 26.0. The second-order valence-corrected chi connectivity index (χ2v) is 8.82. The van der Waals surface area contributed by atoms with E-state index in [1.807, 2.05) is 48.5 Å². The fraction of sp³-hybridized carbons (Fsp3) is 0.440. The lowest BCUT2D eigenvalue weighted by Gasteiger charge is -2.41. The second kappa shape index (κ2) is 10.9. The molecule has 1 fully saturated rings. The molecule has 194 valence electrons. The molecule has 1 heterocycles. The van der Waals surface area contributed by atoms with Crippen molar-refractivity contribution in [2.75, 3.05) is 13.2 Å². The molecule has 11 nitrogen and oxygen atoms in total. The molecule has 1 aliphatic carbocycles. The van der Waals surface area contributed by atoms with Gasteiger partial charge in [0.1, 0.15) is 31.0 Å². The van der Waals surface area contributed by atoms with Crippen LogP contribution < -0.4 is 5.32 Å². The van der Waals surface area contributed by atoms with E-state index in [9.17, 15) is 35.1 Å². The van der Waals surface area contributed by atoms with Gasteiger partial charge in [-0.05, 0) is 29.2 Å². The van der Waals surface area contributed by atoms with E-state index in [0.717, 1.165) is 22.3 Å². The molecular weight excluding hydrogens is 474 g/mol. The SMILES string of the molecule is C[C@@H](O[C@H]1O[C@H](CO)[C@@H](O)[C@H](O)[C@H]1O)[C@H](NC(=O)OCC1c2ccccc2-c2ccccc21)C(=O)O. The maximum Gasteiger partial charge on any atom is 0.407 e. The molecule has 0 radical (unpaired) electrons. The summed E-state index contributed by atoms with van der Waals surface area (Å²) < 4.78 is 16.1. The topological polar surface area (TPSA) is 175 Å². The number of hydrogen-bond donors (Lipinski definition) is 6. The Kier molecular flexibility index (Phi) is 7.88. The van der Waals surface area contributed by atoms with Gasteiger partial charge in [-0.3, -0.25) is 0 Å². The molecule has 0 bridgehead atoms. The average molecular weight is 504 g/mol. The third-order valence-corrected chi connectivity index (χ3v) is 6.55. The number of amides is 1. The van der Waals surface area contributed by atoms with Gasteiger partial charge in [-0.2, -0.15) is 0 Å². The number of rotatable bonds is 8. The Labute approximate surface area is 206 Å². The number of ether oxygens (including phenoxy) is 3. The molecule has 0 aromatic heterocycles. The maximum absolute atomic E-state index is 12.6. The van der Waals surface area contributed by atoms with E-state index in [1.165, 1.54) is 6.92 Å². The lowest BCUT2D eigenvalue weighted by Crippen LogP contribution is -2.61. The van der Waals surface area contributed by atoms with Gasteiger partial charge in [-0.15, -0.1) is 0 Å². The minimum absolute atomic E-state index is 0.0197. The van der Waals surface area contributed by atoms with Gasteiger partial charge in [0, 0.05) is 5.92 Å². The standard InChI is InChI=1S/C25H29NO10/c1-12(35-24-22(30)21(29)20(28)18(10-27)36-24)19(23(31)32)26-25(33)34-11-17-15-8-4-2-6-13(15)14-7-3-5-9-16(14)17/h2-9,12,17-22,24,27-30H,10-11H2,1H3,(H,26,33)(H,31,32)/t12-,18-,19+,20-,21+,22-,24+/m1/s1. The first-order valence-electron chi connectivity index (χ1n) is 11.5. The molecule has 2 aromatic carbocycles. The zero-order valence-electron chi connectivity index (χ0n) is 19.4. The van der Waals surface area contributed by atoms with Gasteiger partial charge in [-0.25, -0.2) is 9.59 Å². The molecule has 0 spiro atoms. The Hall–Kier alpha value is -3.06. The molecule has 6 N–H and O–H groups in total. The van der Waals surface area contributed by atoms with Crippen LogP contribution >= 0.6 is 0 Å². The first-order chi connectivity index (χ1) is 17.2. The van der Waals surface area contributed by atoms with E-state index >= 15 is 0 Å². The maximum atomic E-state index is 12.6. The summed E-state index contributed by atoms with van der Waals surface area (Å²) in [6, 6.07) is 14.0. The first-order valence-corrected chi connectivity index (χ1v) is 11.5. The van der Waals surface area contributed by atoms with E-state index in [1.54, 1.807) is 0 Å². The molecule has 7 atom stereocenters. The summed E-state index contributed by atoms with van der Waals surface area (Å²) in [5, 5.41) is 51.1. The van der Waals surface area contributed by atoms with Gasteiger partial charge in [0.25, 0.3) is 0 Å². The zero-order chi connectivity index (χ0) is 26.0. The molecule has 11 heteroatoms. The molecule has 0 saturated carbocycles. The van der Waals surface area contributed by atoms with Crippen molar-refractivity contribution in [1.29, 1.82) is 0 Å². The van der Waals surface area contributed by atoms with Crippen LogP contribution in [-0.2, 0) is 19.0 Å². The molecule has 1 amide bonds. The van der Waals surface area contributed by atoms with Crippen LogP contribution in [0.1, 0.15) is 24.0 Å². The number of nitrogens with one attached hydrogen (secondary N) is 1. The number of hydrogen-bond acceptors (Lipinski definition) is 9. The smallest absolute Gasteiger partial charge is 0.407 e. The Bertz CT molecular complexity index is 1050. The third kappa shape index (κ3) is 5.07. The predicted octanol–water partition coefficient (Wildman–Crippen LogP) is 0.183. The van der Waals surface area contributed by atoms with E-state index in [4.69, 9.17) is 14.2 Å². The van der Waals surface area contributed by atoms with Crippen LogP contribution in [0.5, 0.6) is 0 Å². The van der Waals surface area contributed by atoms with Crippen molar-refractivity contribution in [1.82, 2.24) is 5.32 Å². The van der Waals surface area contributed by atoms with Crippen LogP contribution in [0.4, 0.5) is 4.79 Å². The highest BCUT2D eigenvalue weighted by atomic mass is 16.7. The van der Waals surface area contributed by atoms with Crippen molar-refractivity contribution >= 4 is 12.1 Å². The predicted molar refractivity (Wildman–Crippen MR) is 124 cm³/mol. The fourth-order valence-electron chi connectivity index (χ4n) is 4.62. The van der Waals surface area contributed by atoms with Gasteiger partial charge < -0.3 is 45.1 Å². The monoisotopic (exact) mass is 503 g/mol. The number of carboxylic acids is 1. The number of benzene rings is 2. The van der Waals surface area contributed by atoms with E-state index in [0.29, 0.717) is 0 Å². The van der Waals surface area contributed by atoms with Crippen molar-refractivity contribution in [3.8, 4) is 11.1 Å². The number of alkyl carbamates (subject to hydrolysis) is 1. The lowest BCUT2D eigenvalue weighted by molar-refractivity contribution is -0.311. The highest BCUT2D eigenvalue weighted by Crippen LogP contribution is 2.44. The van der Waals surface area contributed by atoms with Crippen molar-refractivity contribution in [2.24, 2.45) is 0 Å². The van der Waals surface area contributed by atoms with Gasteiger partial charge in [-0.1, -0.05) is 48.5 Å². The summed E-state index contributed by atoms with van der Waals surface area (Å²) in [6.45, 7) is 0.637. The van der Waals surface area contributed by atoms with Crippen molar-refractivity contribution in [2.45, 2.75) is 55.7 Å². The number of carbonyl (C=O) groups is 2. The van der Waals surface area contributed by atoms with Crippen molar-refractivity contribution in [3.63, 3.8) is 0 Å². The summed E-state index contributed by atoms with van der Waals surface area (Å²) in [5.41, 5.74) is 4.10. The van der Waals surface area contributed by atoms with Gasteiger partial charge in [0.2, 0.25) is 0 Å². The highest BCUT2D eigenvalue weighted by Gasteiger charge is 2.45. The normalized spacial score (nSPS) is 27.0. The Morgan fingerprint density at radius 1 is 0.972 bits per heavy atom. The quantitative estimate of drug-likeness (QED) is 0.292. The van der Waals surface area contributed by atoms with Crippen LogP contribution in [0.15, 0.2) is 48.5 Å². The highest BCUT2D eigenvalue weighted by molar-refractivity contribution is 5.81. The number of carbonyl (C=O) groups excluding carboxylic acids is 1. The fourth-order valence-corrected chi connectivity index (χ4v) is 4.62. The van der Waals surface area contributed by atoms with Crippen molar-refractivity contribution < 1.29 is 49.3 Å². The van der Waals surface area contributed by atoms with Crippen LogP contribution in [0.3, 0.4) is 0 Å². The number of carboxylic acid groups (broad SMARTS) is 1. The molecule has 0 unspecified atom stereocenters. The number of aliphatic hydroxyl groups excluding tert-OH is 4. The molecule has 2 aliphatic rings. The summed E-state index contributed by atoms with van der Waals surface area (Å²) in [5.74, 6) is -1.64. The lowest BCUT2D eigenvalue weighted by atomic mass is 9.98. The van der Waals surface area contributed by atoms with Crippen LogP contribution in [0.2, 0.25) is 0 Å². The van der Waals surface area contributed by atoms with Gasteiger partial charge in [0.05, 0.1) is 12.7 Å². The van der Waals surface area contributed by atoms with Crippen molar-refractivity contribution in [3.05, 3.63) is 59.7 Å². The second-order valence-electron chi connectivity index (χ2n) is 8.82. The van der Waals surface area contributed by atoms with E-state index < -0.39 is 61.5 Å². The number of aliphatic carboxylic acids is 1. The average Bonchev–Trinajstić information content (AvgIpc) is 3.19. The van der Waals surface area contributed by atoms with Crippen LogP contribution in [-0.4, -0.2) is 93.7 Å². The third-order valence-electron chi connectivity index (χ3n) is 6.55. The Balaban J connectivity index is 1.39. The van der Waals surface area contributed by atoms with Crippen LogP contribution in [0.25, 0.3) is 11.1 Å². The molecule has 36 heavy (non-hydrogen) atoms. The largest absolute Gasteiger partial charge is 0.480 e. The summed E-state index contributed by atoms with van der Waals surface area (Å²) in [4.78, 5) is 24.4. The summed E-state index contributed by atoms with van der Waals surface area (Å²) >= 11 is 0. The summed E-state index contributed by atoms with van der Waals surface area (Å²) in [6.07, 6.45) is -9.99. The van der Waals surface area contributed by atoms with E-state index in [-0.39, 0.29) is 12.5 Å². The van der Waals surface area contributed by atoms with Gasteiger partial charge >= 0.3 is 12.1 Å². The minimum atomic E-state index is -1.71. The number of aliphatic hydroxyl groups is 4. The molecule has 2 aromatic rings. The number of fused-ring (bicyclic) bond motifs is 3.